The summed E-state index contributed by atoms with van der Waals surface area (Å²) < 4.78 is 11.0. The molecule has 0 bridgehead atoms. The Morgan fingerprint density at radius 3 is 2.81 bits per heavy atom. The van der Waals surface area contributed by atoms with Crippen LogP contribution in [0.4, 0.5) is 0 Å². The molecule has 0 unspecified atom stereocenters. The molecule has 0 N–H and O–H groups in total. The van der Waals surface area contributed by atoms with E-state index in [2.05, 4.69) is 6.07 Å². The Kier molecular flexibility index (Phi) is 3.39. The fraction of sp³-hybridized carbons (Fsp3) is 0.312. The number of hydrogen-bond donors (Lipinski definition) is 0. The van der Waals surface area contributed by atoms with Crippen molar-refractivity contribution in [3.8, 4) is 11.5 Å². The third kappa shape index (κ3) is 2.45. The van der Waals surface area contributed by atoms with Crippen molar-refractivity contribution in [2.75, 3.05) is 19.0 Å². The van der Waals surface area contributed by atoms with Gasteiger partial charge >= 0.3 is 0 Å². The van der Waals surface area contributed by atoms with Gasteiger partial charge in [-0.2, -0.15) is 11.8 Å². The van der Waals surface area contributed by atoms with Gasteiger partial charge in [0.15, 0.2) is 11.5 Å². The predicted octanol–water partition coefficient (Wildman–Crippen LogP) is 3.54. The minimum atomic E-state index is 0.0800. The van der Waals surface area contributed by atoms with Crippen LogP contribution in [0.1, 0.15) is 25.7 Å². The Morgan fingerprint density at radius 2 is 1.95 bits per heavy atom. The lowest BCUT2D eigenvalue weighted by atomic mass is 10.1. The molecule has 0 spiro atoms. The molecule has 2 aliphatic rings. The van der Waals surface area contributed by atoms with Crippen molar-refractivity contribution in [1.82, 2.24) is 0 Å². The van der Waals surface area contributed by atoms with Crippen LogP contribution in [0.3, 0.4) is 0 Å². The summed E-state index contributed by atoms with van der Waals surface area (Å²) in [5, 5.41) is 0. The smallest absolute Gasteiger partial charge is 0.203 e. The van der Waals surface area contributed by atoms with Gasteiger partial charge in [-0.25, -0.2) is 0 Å². The van der Waals surface area contributed by atoms with Gasteiger partial charge in [0, 0.05) is 16.2 Å². The Labute approximate surface area is 131 Å². The zero-order valence-corrected chi connectivity index (χ0v) is 13.0. The number of aryl methyl sites for hydroxylation is 1. The Balaban J connectivity index is 1.66. The van der Waals surface area contributed by atoms with Gasteiger partial charge in [0.25, 0.3) is 0 Å². The zero-order chi connectivity index (χ0) is 14.2. The molecular weight excluding hydrogens is 304 g/mol. The van der Waals surface area contributed by atoms with Crippen LogP contribution in [0.15, 0.2) is 24.3 Å². The lowest BCUT2D eigenvalue weighted by molar-refractivity contribution is 0.104. The summed E-state index contributed by atoms with van der Waals surface area (Å²) in [6, 6.07) is 7.50. The second kappa shape index (κ2) is 5.39. The number of rotatable bonds is 2. The standard InChI is InChI=1S/C16H14O3S2/c17-16(15-8-11-9-20-6-3-14(11)21-15)10-1-2-12-13(7-10)19-5-4-18-12/h1-2,7-8H,3-6,9H2. The Hall–Kier alpha value is -1.46. The van der Waals surface area contributed by atoms with E-state index in [1.54, 1.807) is 17.4 Å². The number of fused-ring (bicyclic) bond motifs is 2. The van der Waals surface area contributed by atoms with E-state index in [0.29, 0.717) is 24.5 Å². The largest absolute Gasteiger partial charge is 0.486 e. The van der Waals surface area contributed by atoms with Gasteiger partial charge in [-0.05, 0) is 42.0 Å². The van der Waals surface area contributed by atoms with Crippen LogP contribution in [0.2, 0.25) is 0 Å². The normalized spacial score (nSPS) is 16.4. The van der Waals surface area contributed by atoms with Gasteiger partial charge in [0.2, 0.25) is 5.78 Å². The SMILES string of the molecule is O=C(c1ccc2c(c1)OCCO2)c1cc2c(s1)CCSC2. The molecule has 0 saturated heterocycles. The molecule has 1 aromatic heterocycles. The molecule has 1 aromatic carbocycles. The number of hydrogen-bond acceptors (Lipinski definition) is 5. The van der Waals surface area contributed by atoms with Crippen molar-refractivity contribution in [3.05, 3.63) is 45.1 Å². The molecule has 0 radical (unpaired) electrons. The molecule has 5 heteroatoms. The third-order valence-corrected chi connectivity index (χ3v) is 5.90. The monoisotopic (exact) mass is 318 g/mol. The van der Waals surface area contributed by atoms with E-state index in [4.69, 9.17) is 9.47 Å². The fourth-order valence-electron chi connectivity index (χ4n) is 2.59. The summed E-state index contributed by atoms with van der Waals surface area (Å²) in [4.78, 5) is 14.9. The van der Waals surface area contributed by atoms with Crippen molar-refractivity contribution in [1.29, 1.82) is 0 Å². The van der Waals surface area contributed by atoms with E-state index in [9.17, 15) is 4.79 Å². The average molecular weight is 318 g/mol. The number of benzene rings is 1. The van der Waals surface area contributed by atoms with Gasteiger partial charge in [-0.15, -0.1) is 11.3 Å². The molecule has 2 aromatic rings. The van der Waals surface area contributed by atoms with Crippen LogP contribution in [-0.4, -0.2) is 24.7 Å². The van der Waals surface area contributed by atoms with Crippen molar-refractivity contribution in [2.45, 2.75) is 12.2 Å². The number of carbonyl (C=O) groups is 1. The topological polar surface area (TPSA) is 35.5 Å². The Bertz CT molecular complexity index is 682. The quantitative estimate of drug-likeness (QED) is 0.794. The fourth-order valence-corrected chi connectivity index (χ4v) is 4.92. The maximum absolute atomic E-state index is 12.7. The van der Waals surface area contributed by atoms with E-state index in [0.717, 1.165) is 28.6 Å². The van der Waals surface area contributed by atoms with Gasteiger partial charge in [-0.3, -0.25) is 4.79 Å². The maximum Gasteiger partial charge on any atom is 0.203 e. The van der Waals surface area contributed by atoms with Crippen LogP contribution in [0.5, 0.6) is 11.5 Å². The van der Waals surface area contributed by atoms with Crippen LogP contribution >= 0.6 is 23.1 Å². The summed E-state index contributed by atoms with van der Waals surface area (Å²) >= 11 is 3.58. The van der Waals surface area contributed by atoms with E-state index in [1.807, 2.05) is 23.9 Å². The summed E-state index contributed by atoms with van der Waals surface area (Å²) in [5.41, 5.74) is 2.00. The first kappa shape index (κ1) is 13.2. The summed E-state index contributed by atoms with van der Waals surface area (Å²) in [5.74, 6) is 3.66. The molecular formula is C16H14O3S2. The molecule has 4 rings (SSSR count). The third-order valence-electron chi connectivity index (χ3n) is 3.66. The van der Waals surface area contributed by atoms with Crippen molar-refractivity contribution >= 4 is 28.9 Å². The van der Waals surface area contributed by atoms with Crippen molar-refractivity contribution in [2.24, 2.45) is 0 Å². The van der Waals surface area contributed by atoms with Crippen LogP contribution in [0, 0.1) is 0 Å². The van der Waals surface area contributed by atoms with Gasteiger partial charge < -0.3 is 9.47 Å². The highest BCUT2D eigenvalue weighted by molar-refractivity contribution is 7.98. The highest BCUT2D eigenvalue weighted by Gasteiger charge is 2.20. The number of ether oxygens (including phenoxy) is 2. The molecule has 0 amide bonds. The molecule has 0 fully saturated rings. The zero-order valence-electron chi connectivity index (χ0n) is 11.4. The first-order valence-electron chi connectivity index (χ1n) is 6.95. The molecule has 21 heavy (non-hydrogen) atoms. The molecule has 0 saturated carbocycles. The molecule has 108 valence electrons. The summed E-state index contributed by atoms with van der Waals surface area (Å²) in [6.07, 6.45) is 1.08. The maximum atomic E-state index is 12.7. The lowest BCUT2D eigenvalue weighted by Gasteiger charge is -2.18. The predicted molar refractivity (Wildman–Crippen MR) is 85.0 cm³/mol. The minimum absolute atomic E-state index is 0.0800. The molecule has 0 atom stereocenters. The van der Waals surface area contributed by atoms with Crippen LogP contribution in [0.25, 0.3) is 0 Å². The van der Waals surface area contributed by atoms with Gasteiger partial charge in [0.05, 0.1) is 4.88 Å². The van der Waals surface area contributed by atoms with Crippen molar-refractivity contribution < 1.29 is 14.3 Å². The molecule has 2 aliphatic heterocycles. The Morgan fingerprint density at radius 1 is 1.10 bits per heavy atom. The number of thiophene rings is 1. The van der Waals surface area contributed by atoms with E-state index >= 15 is 0 Å². The number of carbonyl (C=O) groups excluding carboxylic acids is 1. The lowest BCUT2D eigenvalue weighted by Crippen LogP contribution is -2.15. The summed E-state index contributed by atoms with van der Waals surface area (Å²) in [6.45, 7) is 1.10. The average Bonchev–Trinajstić information content (AvgIpc) is 2.97. The highest BCUT2D eigenvalue weighted by Crippen LogP contribution is 2.35. The first-order chi connectivity index (χ1) is 10.3. The molecule has 3 nitrogen and oxygen atoms in total. The van der Waals surface area contributed by atoms with E-state index < -0.39 is 0 Å². The second-order valence-electron chi connectivity index (χ2n) is 5.05. The van der Waals surface area contributed by atoms with E-state index in [1.165, 1.54) is 10.4 Å². The van der Waals surface area contributed by atoms with Crippen molar-refractivity contribution in [3.63, 3.8) is 0 Å². The van der Waals surface area contributed by atoms with Crippen LogP contribution in [-0.2, 0) is 12.2 Å². The van der Waals surface area contributed by atoms with Gasteiger partial charge in [0.1, 0.15) is 13.2 Å². The van der Waals surface area contributed by atoms with E-state index in [-0.39, 0.29) is 5.78 Å². The van der Waals surface area contributed by atoms with Gasteiger partial charge in [-0.1, -0.05) is 0 Å². The van der Waals surface area contributed by atoms with Crippen LogP contribution < -0.4 is 9.47 Å². The first-order valence-corrected chi connectivity index (χ1v) is 8.92. The minimum Gasteiger partial charge on any atom is -0.486 e. The molecule has 0 aliphatic carbocycles. The molecule has 3 heterocycles. The summed E-state index contributed by atoms with van der Waals surface area (Å²) in [7, 11) is 0. The second-order valence-corrected chi connectivity index (χ2v) is 7.29. The number of ketones is 1. The number of thioether (sulfide) groups is 1. The highest BCUT2D eigenvalue weighted by atomic mass is 32.2.